The van der Waals surface area contributed by atoms with Crippen LogP contribution in [-0.2, 0) is 13.0 Å². The number of hydrogen-bond donors (Lipinski definition) is 2. The molecule has 0 spiro atoms. The van der Waals surface area contributed by atoms with E-state index in [0.29, 0.717) is 6.04 Å². The molecule has 0 aliphatic heterocycles. The minimum Gasteiger partial charge on any atom is -0.344 e. The Morgan fingerprint density at radius 2 is 1.90 bits per heavy atom. The van der Waals surface area contributed by atoms with E-state index in [2.05, 4.69) is 62.3 Å². The molecule has 1 aromatic heterocycles. The van der Waals surface area contributed by atoms with Crippen LogP contribution in [0.15, 0.2) is 24.3 Å². The molecule has 0 aliphatic rings. The van der Waals surface area contributed by atoms with Crippen LogP contribution in [0.5, 0.6) is 0 Å². The summed E-state index contributed by atoms with van der Waals surface area (Å²) in [7, 11) is 0. The Morgan fingerprint density at radius 3 is 2.50 bits per heavy atom. The van der Waals surface area contributed by atoms with Crippen molar-refractivity contribution in [3.63, 3.8) is 0 Å². The van der Waals surface area contributed by atoms with Gasteiger partial charge in [0.2, 0.25) is 0 Å². The fraction of sp³-hybridized carbons (Fsp3) is 0.471. The number of imidazole rings is 1. The Morgan fingerprint density at radius 1 is 1.20 bits per heavy atom. The van der Waals surface area contributed by atoms with Gasteiger partial charge in [-0.15, -0.1) is 0 Å². The standard InChI is InChI=1S/C17H25N3/c1-5-12(3)18-11-16-19-13(4)17(20-16)15-9-7-14(6-2)8-10-15/h7-10,12,18H,5-6,11H2,1-4H3,(H,19,20). The zero-order chi connectivity index (χ0) is 14.5. The second-order valence-corrected chi connectivity index (χ2v) is 5.40. The lowest BCUT2D eigenvalue weighted by Gasteiger charge is -2.08. The highest BCUT2D eigenvalue weighted by molar-refractivity contribution is 5.62. The molecule has 1 heterocycles. The van der Waals surface area contributed by atoms with E-state index in [-0.39, 0.29) is 0 Å². The third-order valence-electron chi connectivity index (χ3n) is 3.80. The van der Waals surface area contributed by atoms with Gasteiger partial charge in [0.1, 0.15) is 5.82 Å². The average molecular weight is 271 g/mol. The highest BCUT2D eigenvalue weighted by Crippen LogP contribution is 2.21. The second kappa shape index (κ2) is 6.71. The molecule has 0 bridgehead atoms. The summed E-state index contributed by atoms with van der Waals surface area (Å²) in [5.41, 5.74) is 4.75. The molecule has 1 aromatic carbocycles. The monoisotopic (exact) mass is 271 g/mol. The average Bonchev–Trinajstić information content (AvgIpc) is 2.86. The summed E-state index contributed by atoms with van der Waals surface area (Å²) in [6, 6.07) is 9.20. The summed E-state index contributed by atoms with van der Waals surface area (Å²) < 4.78 is 0. The van der Waals surface area contributed by atoms with Crippen molar-refractivity contribution in [1.29, 1.82) is 0 Å². The first-order valence-corrected chi connectivity index (χ1v) is 7.52. The number of benzene rings is 1. The van der Waals surface area contributed by atoms with E-state index >= 15 is 0 Å². The van der Waals surface area contributed by atoms with E-state index in [1.54, 1.807) is 0 Å². The molecule has 0 radical (unpaired) electrons. The fourth-order valence-electron chi connectivity index (χ4n) is 2.20. The third kappa shape index (κ3) is 3.48. The van der Waals surface area contributed by atoms with E-state index in [1.807, 2.05) is 0 Å². The van der Waals surface area contributed by atoms with Gasteiger partial charge in [-0.25, -0.2) is 4.98 Å². The zero-order valence-electron chi connectivity index (χ0n) is 13.0. The van der Waals surface area contributed by atoms with Crippen LogP contribution >= 0.6 is 0 Å². The molecule has 2 N–H and O–H groups in total. The van der Waals surface area contributed by atoms with Crippen LogP contribution in [0.4, 0.5) is 0 Å². The van der Waals surface area contributed by atoms with E-state index < -0.39 is 0 Å². The van der Waals surface area contributed by atoms with Crippen molar-refractivity contribution in [3.8, 4) is 11.3 Å². The highest BCUT2D eigenvalue weighted by Gasteiger charge is 2.09. The zero-order valence-corrected chi connectivity index (χ0v) is 13.0. The van der Waals surface area contributed by atoms with Crippen molar-refractivity contribution in [2.24, 2.45) is 0 Å². The lowest BCUT2D eigenvalue weighted by molar-refractivity contribution is 0.525. The van der Waals surface area contributed by atoms with Crippen LogP contribution in [0.2, 0.25) is 0 Å². The van der Waals surface area contributed by atoms with Crippen LogP contribution in [0.3, 0.4) is 0 Å². The number of aromatic amines is 1. The van der Waals surface area contributed by atoms with E-state index in [1.165, 1.54) is 11.1 Å². The van der Waals surface area contributed by atoms with Gasteiger partial charge in [-0.05, 0) is 32.3 Å². The van der Waals surface area contributed by atoms with Gasteiger partial charge in [0.15, 0.2) is 0 Å². The van der Waals surface area contributed by atoms with Crippen molar-refractivity contribution >= 4 is 0 Å². The molecule has 1 atom stereocenters. The van der Waals surface area contributed by atoms with E-state index in [9.17, 15) is 0 Å². The van der Waals surface area contributed by atoms with Gasteiger partial charge in [-0.2, -0.15) is 0 Å². The Hall–Kier alpha value is -1.61. The van der Waals surface area contributed by atoms with Crippen molar-refractivity contribution in [2.75, 3.05) is 0 Å². The molecule has 0 saturated carbocycles. The van der Waals surface area contributed by atoms with Crippen LogP contribution < -0.4 is 5.32 Å². The molecule has 20 heavy (non-hydrogen) atoms. The van der Waals surface area contributed by atoms with Crippen LogP contribution in [0.25, 0.3) is 11.3 Å². The van der Waals surface area contributed by atoms with Crippen molar-refractivity contribution < 1.29 is 0 Å². The number of aromatic nitrogens is 2. The van der Waals surface area contributed by atoms with Crippen molar-refractivity contribution in [1.82, 2.24) is 15.3 Å². The number of nitrogens with zero attached hydrogens (tertiary/aromatic N) is 1. The smallest absolute Gasteiger partial charge is 0.121 e. The summed E-state index contributed by atoms with van der Waals surface area (Å²) in [5, 5.41) is 3.47. The molecule has 0 saturated heterocycles. The minimum absolute atomic E-state index is 0.521. The Labute approximate surface area is 121 Å². The summed E-state index contributed by atoms with van der Waals surface area (Å²) in [5.74, 6) is 1.01. The largest absolute Gasteiger partial charge is 0.344 e. The van der Waals surface area contributed by atoms with Crippen LogP contribution in [0, 0.1) is 6.92 Å². The molecule has 108 valence electrons. The number of rotatable bonds is 6. The molecule has 0 amide bonds. The van der Waals surface area contributed by atoms with Crippen molar-refractivity contribution in [2.45, 2.75) is 53.1 Å². The fourth-order valence-corrected chi connectivity index (χ4v) is 2.20. The molecule has 2 rings (SSSR count). The Kier molecular flexibility index (Phi) is 4.96. The normalized spacial score (nSPS) is 12.6. The number of H-pyrrole nitrogens is 1. The predicted octanol–water partition coefficient (Wildman–Crippen LogP) is 3.84. The van der Waals surface area contributed by atoms with Gasteiger partial charge in [-0.1, -0.05) is 38.1 Å². The minimum atomic E-state index is 0.521. The Bertz CT molecular complexity index is 540. The summed E-state index contributed by atoms with van der Waals surface area (Å²) in [4.78, 5) is 8.10. The quantitative estimate of drug-likeness (QED) is 0.838. The summed E-state index contributed by atoms with van der Waals surface area (Å²) in [6.45, 7) is 9.44. The van der Waals surface area contributed by atoms with E-state index in [0.717, 1.165) is 36.6 Å². The lowest BCUT2D eigenvalue weighted by Crippen LogP contribution is -2.24. The van der Waals surface area contributed by atoms with Crippen LogP contribution in [-0.4, -0.2) is 16.0 Å². The molecule has 1 unspecified atom stereocenters. The molecule has 3 heteroatoms. The maximum absolute atomic E-state index is 4.72. The van der Waals surface area contributed by atoms with Gasteiger partial charge >= 0.3 is 0 Å². The van der Waals surface area contributed by atoms with Gasteiger partial charge in [0.05, 0.1) is 12.2 Å². The van der Waals surface area contributed by atoms with Gasteiger partial charge in [0, 0.05) is 17.3 Å². The number of nitrogens with one attached hydrogen (secondary N) is 2. The maximum Gasteiger partial charge on any atom is 0.121 e. The van der Waals surface area contributed by atoms with E-state index in [4.69, 9.17) is 4.98 Å². The SMILES string of the molecule is CCc1ccc(-c2nc(CNC(C)CC)[nH]c2C)cc1. The summed E-state index contributed by atoms with van der Waals surface area (Å²) >= 11 is 0. The number of aryl methyl sites for hydroxylation is 2. The third-order valence-corrected chi connectivity index (χ3v) is 3.80. The van der Waals surface area contributed by atoms with Gasteiger partial charge in [0.25, 0.3) is 0 Å². The topological polar surface area (TPSA) is 40.7 Å². The summed E-state index contributed by atoms with van der Waals surface area (Å²) in [6.07, 6.45) is 2.20. The highest BCUT2D eigenvalue weighted by atomic mass is 15.0. The molecule has 0 fully saturated rings. The van der Waals surface area contributed by atoms with Crippen LogP contribution in [0.1, 0.15) is 44.3 Å². The second-order valence-electron chi connectivity index (χ2n) is 5.40. The first-order valence-electron chi connectivity index (χ1n) is 7.52. The van der Waals surface area contributed by atoms with Crippen molar-refractivity contribution in [3.05, 3.63) is 41.3 Å². The molecular weight excluding hydrogens is 246 g/mol. The maximum atomic E-state index is 4.72. The van der Waals surface area contributed by atoms with Gasteiger partial charge in [-0.3, -0.25) is 0 Å². The first kappa shape index (κ1) is 14.8. The molecular formula is C17H25N3. The number of hydrogen-bond acceptors (Lipinski definition) is 2. The first-order chi connectivity index (χ1) is 9.63. The molecule has 2 aromatic rings. The Balaban J connectivity index is 2.13. The lowest BCUT2D eigenvalue weighted by atomic mass is 10.1. The molecule has 0 aliphatic carbocycles. The molecule has 3 nitrogen and oxygen atoms in total. The predicted molar refractivity (Wildman–Crippen MR) is 84.7 cm³/mol. The van der Waals surface area contributed by atoms with Gasteiger partial charge < -0.3 is 10.3 Å².